The average molecular weight is 279 g/mol. The van der Waals surface area contributed by atoms with E-state index in [1.54, 1.807) is 0 Å². The average Bonchev–Trinajstić information content (AvgIpc) is 2.44. The fraction of sp³-hybridized carbons (Fsp3) is 0.600. The standard InChI is InChI=1S/C15H25N3O2/c1-4-12(5-2)14(19)10-17-15(20)16-9-13-8-6-7-11(3)18-13/h6-8,12,14,19H,4-5,9-10H2,1-3H3,(H2,16,17,20). The van der Waals surface area contributed by atoms with Gasteiger partial charge in [0.05, 0.1) is 18.3 Å². The molecule has 1 atom stereocenters. The maximum absolute atomic E-state index is 11.6. The number of aliphatic hydroxyl groups excluding tert-OH is 1. The van der Waals surface area contributed by atoms with Crippen LogP contribution in [0.25, 0.3) is 0 Å². The largest absolute Gasteiger partial charge is 0.391 e. The smallest absolute Gasteiger partial charge is 0.315 e. The SMILES string of the molecule is CCC(CC)C(O)CNC(=O)NCc1cccc(C)n1. The lowest BCUT2D eigenvalue weighted by Crippen LogP contribution is -2.41. The number of hydrogen-bond donors (Lipinski definition) is 3. The second kappa shape index (κ2) is 8.53. The van der Waals surface area contributed by atoms with Gasteiger partial charge in [0, 0.05) is 12.2 Å². The van der Waals surface area contributed by atoms with Crippen LogP contribution in [0, 0.1) is 12.8 Å². The molecule has 1 heterocycles. The van der Waals surface area contributed by atoms with Crippen LogP contribution in [0.1, 0.15) is 38.1 Å². The zero-order valence-electron chi connectivity index (χ0n) is 12.5. The summed E-state index contributed by atoms with van der Waals surface area (Å²) >= 11 is 0. The number of aliphatic hydroxyl groups is 1. The lowest BCUT2D eigenvalue weighted by molar-refractivity contribution is 0.103. The topological polar surface area (TPSA) is 74.2 Å². The molecule has 0 saturated carbocycles. The van der Waals surface area contributed by atoms with Crippen molar-refractivity contribution >= 4 is 6.03 Å². The van der Waals surface area contributed by atoms with Crippen molar-refractivity contribution in [1.82, 2.24) is 15.6 Å². The number of aromatic nitrogens is 1. The maximum Gasteiger partial charge on any atom is 0.315 e. The molecule has 1 aromatic rings. The molecule has 0 fully saturated rings. The third kappa shape index (κ3) is 5.57. The molecule has 0 aliphatic heterocycles. The molecule has 1 unspecified atom stereocenters. The molecule has 112 valence electrons. The first kappa shape index (κ1) is 16.4. The second-order valence-corrected chi connectivity index (χ2v) is 4.98. The Labute approximate surface area is 120 Å². The van der Waals surface area contributed by atoms with Crippen LogP contribution in [-0.4, -0.2) is 28.8 Å². The van der Waals surface area contributed by atoms with Crippen LogP contribution in [0.4, 0.5) is 4.79 Å². The number of nitrogens with zero attached hydrogens (tertiary/aromatic N) is 1. The summed E-state index contributed by atoms with van der Waals surface area (Å²) in [4.78, 5) is 15.9. The predicted molar refractivity (Wildman–Crippen MR) is 79.3 cm³/mol. The van der Waals surface area contributed by atoms with Gasteiger partial charge in [-0.3, -0.25) is 4.98 Å². The summed E-state index contributed by atoms with van der Waals surface area (Å²) in [6.07, 6.45) is 1.33. The van der Waals surface area contributed by atoms with Crippen molar-refractivity contribution in [2.45, 2.75) is 46.3 Å². The van der Waals surface area contributed by atoms with Gasteiger partial charge in [0.15, 0.2) is 0 Å². The number of amides is 2. The lowest BCUT2D eigenvalue weighted by atomic mass is 9.97. The quantitative estimate of drug-likeness (QED) is 0.714. The van der Waals surface area contributed by atoms with Crippen LogP contribution >= 0.6 is 0 Å². The Hall–Kier alpha value is -1.62. The zero-order chi connectivity index (χ0) is 15.0. The molecule has 0 bridgehead atoms. The Kier molecular flexibility index (Phi) is 7.01. The van der Waals surface area contributed by atoms with Crippen molar-refractivity contribution in [3.8, 4) is 0 Å². The first-order chi connectivity index (χ1) is 9.56. The van der Waals surface area contributed by atoms with Crippen molar-refractivity contribution < 1.29 is 9.90 Å². The predicted octanol–water partition coefficient (Wildman–Crippen LogP) is 1.99. The van der Waals surface area contributed by atoms with E-state index in [9.17, 15) is 9.90 Å². The van der Waals surface area contributed by atoms with E-state index in [1.807, 2.05) is 39.0 Å². The van der Waals surface area contributed by atoms with Crippen LogP contribution < -0.4 is 10.6 Å². The number of rotatable bonds is 7. The van der Waals surface area contributed by atoms with E-state index in [0.29, 0.717) is 6.54 Å². The first-order valence-electron chi connectivity index (χ1n) is 7.19. The number of hydrogen-bond acceptors (Lipinski definition) is 3. The van der Waals surface area contributed by atoms with Crippen molar-refractivity contribution in [3.05, 3.63) is 29.6 Å². The number of pyridine rings is 1. The number of nitrogens with one attached hydrogen (secondary N) is 2. The minimum Gasteiger partial charge on any atom is -0.391 e. The molecule has 0 aromatic carbocycles. The van der Waals surface area contributed by atoms with Crippen LogP contribution in [0.5, 0.6) is 0 Å². The van der Waals surface area contributed by atoms with E-state index >= 15 is 0 Å². The van der Waals surface area contributed by atoms with Gasteiger partial charge in [-0.1, -0.05) is 32.8 Å². The summed E-state index contributed by atoms with van der Waals surface area (Å²) < 4.78 is 0. The van der Waals surface area contributed by atoms with E-state index in [1.165, 1.54) is 0 Å². The van der Waals surface area contributed by atoms with Crippen LogP contribution in [-0.2, 0) is 6.54 Å². The van der Waals surface area contributed by atoms with Gasteiger partial charge >= 0.3 is 6.03 Å². The molecule has 5 heteroatoms. The monoisotopic (exact) mass is 279 g/mol. The van der Waals surface area contributed by atoms with Crippen molar-refractivity contribution in [2.24, 2.45) is 5.92 Å². The third-order valence-electron chi connectivity index (χ3n) is 3.44. The van der Waals surface area contributed by atoms with Gasteiger partial charge in [-0.05, 0) is 25.0 Å². The molecular weight excluding hydrogens is 254 g/mol. The molecule has 2 amide bonds. The normalized spacial score (nSPS) is 12.2. The highest BCUT2D eigenvalue weighted by atomic mass is 16.3. The molecule has 1 rings (SSSR count). The van der Waals surface area contributed by atoms with Crippen molar-refractivity contribution in [2.75, 3.05) is 6.54 Å². The summed E-state index contributed by atoms with van der Waals surface area (Å²) in [6.45, 7) is 6.66. The van der Waals surface area contributed by atoms with E-state index in [-0.39, 0.29) is 18.5 Å². The van der Waals surface area contributed by atoms with Gasteiger partial charge in [-0.15, -0.1) is 0 Å². The van der Waals surface area contributed by atoms with E-state index in [4.69, 9.17) is 0 Å². The summed E-state index contributed by atoms with van der Waals surface area (Å²) in [6, 6.07) is 5.41. The highest BCUT2D eigenvalue weighted by Crippen LogP contribution is 2.12. The fourth-order valence-corrected chi connectivity index (χ4v) is 2.13. The molecule has 0 radical (unpaired) electrons. The molecule has 3 N–H and O–H groups in total. The summed E-state index contributed by atoms with van der Waals surface area (Å²) in [5.74, 6) is 0.230. The molecule has 1 aromatic heterocycles. The molecule has 5 nitrogen and oxygen atoms in total. The van der Waals surface area contributed by atoms with Gasteiger partial charge in [0.25, 0.3) is 0 Å². The van der Waals surface area contributed by atoms with Gasteiger partial charge in [-0.2, -0.15) is 0 Å². The molecule has 0 aliphatic carbocycles. The van der Waals surface area contributed by atoms with Crippen LogP contribution in [0.3, 0.4) is 0 Å². The fourth-order valence-electron chi connectivity index (χ4n) is 2.13. The van der Waals surface area contributed by atoms with E-state index < -0.39 is 6.10 Å². The first-order valence-corrected chi connectivity index (χ1v) is 7.19. The minimum atomic E-state index is -0.493. The Bertz CT molecular complexity index is 419. The summed E-state index contributed by atoms with van der Waals surface area (Å²) in [7, 11) is 0. The molecule has 0 spiro atoms. The summed E-state index contributed by atoms with van der Waals surface area (Å²) in [5, 5.41) is 15.3. The Morgan fingerprint density at radius 2 is 2.00 bits per heavy atom. The van der Waals surface area contributed by atoms with Gasteiger partial charge < -0.3 is 15.7 Å². The minimum absolute atomic E-state index is 0.230. The number of urea groups is 1. The number of aryl methyl sites for hydroxylation is 1. The van der Waals surface area contributed by atoms with Gasteiger partial charge in [-0.25, -0.2) is 4.79 Å². The van der Waals surface area contributed by atoms with Crippen LogP contribution in [0.2, 0.25) is 0 Å². The highest BCUT2D eigenvalue weighted by Gasteiger charge is 2.15. The van der Waals surface area contributed by atoms with E-state index in [2.05, 4.69) is 15.6 Å². The van der Waals surface area contributed by atoms with Crippen molar-refractivity contribution in [3.63, 3.8) is 0 Å². The Morgan fingerprint density at radius 3 is 2.60 bits per heavy atom. The van der Waals surface area contributed by atoms with Gasteiger partial charge in [0.1, 0.15) is 0 Å². The molecule has 0 saturated heterocycles. The number of carbonyl (C=O) groups excluding carboxylic acids is 1. The maximum atomic E-state index is 11.6. The second-order valence-electron chi connectivity index (χ2n) is 4.98. The highest BCUT2D eigenvalue weighted by molar-refractivity contribution is 5.73. The third-order valence-corrected chi connectivity index (χ3v) is 3.44. The Morgan fingerprint density at radius 1 is 1.30 bits per heavy atom. The van der Waals surface area contributed by atoms with Crippen molar-refractivity contribution in [1.29, 1.82) is 0 Å². The lowest BCUT2D eigenvalue weighted by Gasteiger charge is -2.20. The number of carbonyl (C=O) groups is 1. The molecular formula is C15H25N3O2. The van der Waals surface area contributed by atoms with E-state index in [0.717, 1.165) is 24.2 Å². The van der Waals surface area contributed by atoms with Crippen LogP contribution in [0.15, 0.2) is 18.2 Å². The molecule has 0 aliphatic rings. The summed E-state index contributed by atoms with van der Waals surface area (Å²) in [5.41, 5.74) is 1.74. The molecule has 20 heavy (non-hydrogen) atoms. The zero-order valence-corrected chi connectivity index (χ0v) is 12.5. The van der Waals surface area contributed by atoms with Gasteiger partial charge in [0.2, 0.25) is 0 Å². The Balaban J connectivity index is 2.30.